The number of rotatable bonds is 6. The zero-order valence-corrected chi connectivity index (χ0v) is 18.7. The fourth-order valence-electron chi connectivity index (χ4n) is 0.306. The maximum atomic E-state index is 9.38. The van der Waals surface area contributed by atoms with Gasteiger partial charge in [-0.05, 0) is 0 Å². The average molecular weight is 810 g/mol. The summed E-state index contributed by atoms with van der Waals surface area (Å²) < 4.78 is 177. The van der Waals surface area contributed by atoms with Crippen LogP contribution in [0.4, 0.5) is 0 Å². The summed E-state index contributed by atoms with van der Waals surface area (Å²) in [6.45, 7) is 0. The third-order valence-electron chi connectivity index (χ3n) is 0.500. The van der Waals surface area contributed by atoms with Gasteiger partial charge in [0.15, 0.2) is 0 Å². The van der Waals surface area contributed by atoms with Gasteiger partial charge in [-0.25, -0.2) is 0 Å². The van der Waals surface area contributed by atoms with Gasteiger partial charge in [-0.1, -0.05) is 0 Å². The molecule has 0 aliphatic carbocycles. The van der Waals surface area contributed by atoms with Crippen molar-refractivity contribution in [3.8, 4) is 0 Å². The van der Waals surface area contributed by atoms with E-state index in [9.17, 15) is 70.6 Å². The Kier molecular flexibility index (Phi) is 20.6. The Bertz CT molecular complexity index is 854. The second-order valence-corrected chi connectivity index (χ2v) is 13.6. The first-order chi connectivity index (χ1) is 11.1. The summed E-state index contributed by atoms with van der Waals surface area (Å²) in [6.07, 6.45) is 0. The molecule has 0 aromatic carbocycles. The third kappa shape index (κ3) is 58.7. The van der Waals surface area contributed by atoms with Crippen molar-refractivity contribution in [1.82, 2.24) is 0 Å². The fraction of sp³-hybridized carbons (Fsp3) is 0. The minimum atomic E-state index is -6.07. The van der Waals surface area contributed by atoms with Crippen molar-refractivity contribution in [3.63, 3.8) is 0 Å². The first-order valence-electron chi connectivity index (χ1n) is 4.00. The van der Waals surface area contributed by atoms with Crippen LogP contribution in [0.5, 0.6) is 0 Å². The van der Waals surface area contributed by atoms with Crippen LogP contribution >= 0.6 is 0 Å². The van der Waals surface area contributed by atoms with Crippen LogP contribution in [-0.2, 0) is 136 Å². The van der Waals surface area contributed by atoms with E-state index in [4.69, 9.17) is 0 Å². The van der Waals surface area contributed by atoms with Gasteiger partial charge in [0.05, 0.1) is 0 Å². The van der Waals surface area contributed by atoms with Crippen LogP contribution in [0.3, 0.4) is 0 Å². The van der Waals surface area contributed by atoms with Crippen LogP contribution in [0, 0.1) is 0 Å². The molecular weight excluding hydrogens is 798 g/mol. The van der Waals surface area contributed by atoms with Gasteiger partial charge in [0.2, 0.25) is 0 Å². The van der Waals surface area contributed by atoms with Crippen LogP contribution in [-0.4, -0.2) is 35.9 Å². The fourth-order valence-corrected chi connectivity index (χ4v) is 5.21. The van der Waals surface area contributed by atoms with E-state index in [0.29, 0.717) is 0 Å². The van der Waals surface area contributed by atoms with E-state index >= 15 is 0 Å². The third-order valence-corrected chi connectivity index (χ3v) is 8.50. The Hall–Kier alpha value is 1.55. The van der Waals surface area contributed by atoms with Gasteiger partial charge < -0.3 is 0 Å². The Balaban J connectivity index is -0.0000000960. The van der Waals surface area contributed by atoms with Crippen LogP contribution in [0.25, 0.3) is 0 Å². The molecule has 0 fully saturated rings. The summed E-state index contributed by atoms with van der Waals surface area (Å²) in [5, 5.41) is 0. The van der Waals surface area contributed by atoms with E-state index in [1.165, 1.54) is 0 Å². The quantitative estimate of drug-likeness (QED) is 0.225. The van der Waals surface area contributed by atoms with Crippen molar-refractivity contribution >= 4 is 35.9 Å². The average Bonchev–Trinajstić information content (AvgIpc) is 1.96. The van der Waals surface area contributed by atoms with Gasteiger partial charge in [0.25, 0.3) is 0 Å². The van der Waals surface area contributed by atoms with Crippen LogP contribution in [0.15, 0.2) is 0 Å². The first kappa shape index (κ1) is 40.9. The Morgan fingerprint density at radius 3 is 0.379 bits per heavy atom. The molecule has 21 nitrogen and oxygen atoms in total. The van der Waals surface area contributed by atoms with Crippen LogP contribution in [0.1, 0.15) is 0 Å². The topological polar surface area (TPSA) is 371 Å². The molecule has 184 valence electrons. The number of hydrogen-bond donors (Lipinski definition) is 0. The molecule has 29 heteroatoms. The molecule has 0 aliphatic heterocycles. The molecule has 0 bridgehead atoms. The normalized spacial score (nSPS) is 12.6. The molecule has 0 aromatic heterocycles. The summed E-state index contributed by atoms with van der Waals surface area (Å²) in [7, 11) is 0. The van der Waals surface area contributed by atoms with E-state index in [1.54, 1.807) is 0 Å². The summed E-state index contributed by atoms with van der Waals surface area (Å²) in [5.74, 6) is 0. The van der Waals surface area contributed by atoms with Crippen LogP contribution in [0.2, 0.25) is 0 Å². The van der Waals surface area contributed by atoms with Gasteiger partial charge in [-0.2, -0.15) is 0 Å². The Morgan fingerprint density at radius 2 is 0.379 bits per heavy atom. The molecule has 0 atom stereocenters. The van der Waals surface area contributed by atoms with Crippen molar-refractivity contribution in [3.05, 3.63) is 0 Å². The van der Waals surface area contributed by atoms with E-state index in [-0.39, 0.29) is 35.9 Å². The second-order valence-electron chi connectivity index (χ2n) is 2.65. The van der Waals surface area contributed by atoms with Crippen molar-refractivity contribution in [2.45, 2.75) is 0 Å². The van der Waals surface area contributed by atoms with Gasteiger partial charge in [-0.15, -0.1) is 0 Å². The molecule has 0 unspecified atom stereocenters. The van der Waals surface area contributed by atoms with Gasteiger partial charge in [0, 0.05) is 0 Å². The molecule has 0 aliphatic rings. The van der Waals surface area contributed by atoms with Gasteiger partial charge in [-0.3, -0.25) is 0 Å². The molecule has 29 heavy (non-hydrogen) atoms. The monoisotopic (exact) mass is 809 g/mol. The maximum absolute atomic E-state index is 9.38. The van der Waals surface area contributed by atoms with Gasteiger partial charge in [0.1, 0.15) is 0 Å². The standard InChI is InChI=1S/2AsH6.6Cr.21O/h2*1H6;;;;;;;;;;;;;;;;;;;;;;;;;;;/q2*+3;;;;;;;;;;;;;;;;;;;;;;6*-1. The van der Waals surface area contributed by atoms with Crippen molar-refractivity contribution in [1.29, 1.82) is 0 Å². The molecule has 0 saturated heterocycles. The van der Waals surface area contributed by atoms with Crippen molar-refractivity contribution in [2.24, 2.45) is 0 Å². The van der Waals surface area contributed by atoms with Crippen molar-refractivity contribution in [2.75, 3.05) is 0 Å². The molecule has 0 amide bonds. The molecule has 0 rings (SSSR count). The van der Waals surface area contributed by atoms with E-state index < -0.39 is 81.7 Å². The predicted molar refractivity (Wildman–Crippen MR) is 39.7 cm³/mol. The summed E-state index contributed by atoms with van der Waals surface area (Å²) in [4.78, 5) is 0. The van der Waals surface area contributed by atoms with E-state index in [0.717, 1.165) is 0 Å². The summed E-state index contributed by atoms with van der Waals surface area (Å²) >= 11 is -36.4. The molecule has 0 radical (unpaired) electrons. The number of hydrogen-bond acceptors (Lipinski definition) is 21. The molecule has 0 N–H and O–H groups in total. The second kappa shape index (κ2) is 14.6. The van der Waals surface area contributed by atoms with Crippen molar-refractivity contribution < 1.29 is 161 Å². The molecule has 0 heterocycles. The molecule has 0 saturated carbocycles. The van der Waals surface area contributed by atoms with E-state index in [2.05, 4.69) is 8.52 Å². The summed E-state index contributed by atoms with van der Waals surface area (Å²) in [5.41, 5.74) is 0. The summed E-state index contributed by atoms with van der Waals surface area (Å²) in [6, 6.07) is 0. The SMILES string of the molecule is [AsH6+3].[AsH6+3].[O]=[Cr](=[O])([O-])[O][Cr](=[O])(=[O])[O-].[O]=[Cr](=[O])([O-])[O][Cr](=[O])(=[O])[O-].[O]=[Cr](=[O])([O-])[O][Cr](=[O])(=[O])[O-]. The predicted octanol–water partition coefficient (Wildman–Crippen LogP) is -12.8. The van der Waals surface area contributed by atoms with Crippen LogP contribution < -0.4 is 24.9 Å². The minimum absolute atomic E-state index is 0. The molecule has 0 aromatic rings. The molecular formula is H12As2Cr6O21. The Morgan fingerprint density at radius 1 is 0.310 bits per heavy atom. The van der Waals surface area contributed by atoms with E-state index in [1.807, 2.05) is 0 Å². The zero-order valence-electron chi connectivity index (χ0n) is 11.0. The Labute approximate surface area is 194 Å². The zero-order chi connectivity index (χ0) is 23.1. The molecule has 0 spiro atoms. The van der Waals surface area contributed by atoms with Gasteiger partial charge >= 0.3 is 197 Å². The first-order valence-corrected chi connectivity index (χ1v) is 16.5.